The molecule has 0 heterocycles. The first kappa shape index (κ1) is 10.5. The molecule has 0 saturated heterocycles. The highest BCUT2D eigenvalue weighted by Crippen LogP contribution is 2.24. The average Bonchev–Trinajstić information content (AvgIpc) is 2.50. The minimum atomic E-state index is -0.326. The molecule has 0 aromatic heterocycles. The van der Waals surface area contributed by atoms with Crippen LogP contribution in [-0.2, 0) is 9.53 Å². The number of methoxy groups -OCH3 is 1. The summed E-state index contributed by atoms with van der Waals surface area (Å²) in [5, 5.41) is 3.02. The maximum absolute atomic E-state index is 11.4. The Balaban J connectivity index is 2.35. The standard InChI is InChI=1S/C10H19NO2/c1-7-5-4-6-9(7)11-10(12)8(2)13-3/h7-9H,4-6H2,1-3H3,(H,11,12). The molecule has 1 aliphatic carbocycles. The molecule has 1 saturated carbocycles. The van der Waals surface area contributed by atoms with E-state index in [4.69, 9.17) is 4.74 Å². The van der Waals surface area contributed by atoms with Crippen molar-refractivity contribution in [3.8, 4) is 0 Å². The molecular formula is C10H19NO2. The van der Waals surface area contributed by atoms with Gasteiger partial charge in [0, 0.05) is 13.2 Å². The van der Waals surface area contributed by atoms with Gasteiger partial charge < -0.3 is 10.1 Å². The van der Waals surface area contributed by atoms with E-state index in [0.29, 0.717) is 12.0 Å². The summed E-state index contributed by atoms with van der Waals surface area (Å²) in [5.74, 6) is 0.634. The molecule has 3 heteroatoms. The highest BCUT2D eigenvalue weighted by Gasteiger charge is 2.26. The molecule has 1 N–H and O–H groups in total. The maximum Gasteiger partial charge on any atom is 0.249 e. The van der Waals surface area contributed by atoms with Crippen LogP contribution in [0.2, 0.25) is 0 Å². The van der Waals surface area contributed by atoms with Gasteiger partial charge in [-0.05, 0) is 25.7 Å². The minimum Gasteiger partial charge on any atom is -0.372 e. The second-order valence-corrected chi connectivity index (χ2v) is 3.90. The van der Waals surface area contributed by atoms with Crippen molar-refractivity contribution in [1.29, 1.82) is 0 Å². The number of carbonyl (C=O) groups is 1. The quantitative estimate of drug-likeness (QED) is 0.720. The Morgan fingerprint density at radius 3 is 2.69 bits per heavy atom. The van der Waals surface area contributed by atoms with Crippen LogP contribution < -0.4 is 5.32 Å². The van der Waals surface area contributed by atoms with Gasteiger partial charge in [-0.1, -0.05) is 13.3 Å². The first-order chi connectivity index (χ1) is 6.15. The molecule has 13 heavy (non-hydrogen) atoms. The van der Waals surface area contributed by atoms with Crippen LogP contribution in [-0.4, -0.2) is 25.2 Å². The SMILES string of the molecule is COC(C)C(=O)NC1CCCC1C. The number of hydrogen-bond donors (Lipinski definition) is 1. The van der Waals surface area contributed by atoms with E-state index in [-0.39, 0.29) is 12.0 Å². The number of rotatable bonds is 3. The lowest BCUT2D eigenvalue weighted by molar-refractivity contribution is -0.131. The molecule has 3 atom stereocenters. The minimum absolute atomic E-state index is 0.0150. The maximum atomic E-state index is 11.4. The largest absolute Gasteiger partial charge is 0.372 e. The predicted octanol–water partition coefficient (Wildman–Crippen LogP) is 1.33. The summed E-state index contributed by atoms with van der Waals surface area (Å²) in [5.41, 5.74) is 0. The number of carbonyl (C=O) groups excluding carboxylic acids is 1. The Bertz CT molecular complexity index is 182. The summed E-state index contributed by atoms with van der Waals surface area (Å²) in [6.07, 6.45) is 3.25. The van der Waals surface area contributed by atoms with Crippen molar-refractivity contribution in [3.05, 3.63) is 0 Å². The van der Waals surface area contributed by atoms with Gasteiger partial charge in [0.25, 0.3) is 0 Å². The van der Waals surface area contributed by atoms with Crippen molar-refractivity contribution in [2.24, 2.45) is 5.92 Å². The molecule has 1 amide bonds. The summed E-state index contributed by atoms with van der Waals surface area (Å²) >= 11 is 0. The summed E-state index contributed by atoms with van der Waals surface area (Å²) in [6.45, 7) is 3.96. The molecule has 0 aromatic rings. The highest BCUT2D eigenvalue weighted by atomic mass is 16.5. The fourth-order valence-electron chi connectivity index (χ4n) is 1.77. The van der Waals surface area contributed by atoms with Gasteiger partial charge in [-0.3, -0.25) is 4.79 Å². The van der Waals surface area contributed by atoms with E-state index >= 15 is 0 Å². The first-order valence-electron chi connectivity index (χ1n) is 4.98. The lowest BCUT2D eigenvalue weighted by atomic mass is 10.1. The summed E-state index contributed by atoms with van der Waals surface area (Å²) < 4.78 is 4.95. The third-order valence-electron chi connectivity index (χ3n) is 2.91. The van der Waals surface area contributed by atoms with Crippen LogP contribution in [0.4, 0.5) is 0 Å². The van der Waals surface area contributed by atoms with Gasteiger partial charge in [0.05, 0.1) is 0 Å². The summed E-state index contributed by atoms with van der Waals surface area (Å²) in [4.78, 5) is 11.4. The molecule has 0 aromatic carbocycles. The average molecular weight is 185 g/mol. The molecule has 1 aliphatic rings. The van der Waals surface area contributed by atoms with E-state index in [1.807, 2.05) is 0 Å². The lowest BCUT2D eigenvalue weighted by Gasteiger charge is -2.19. The zero-order valence-corrected chi connectivity index (χ0v) is 8.67. The number of amides is 1. The van der Waals surface area contributed by atoms with Crippen LogP contribution in [0, 0.1) is 5.92 Å². The van der Waals surface area contributed by atoms with Crippen molar-refractivity contribution in [2.75, 3.05) is 7.11 Å². The Hall–Kier alpha value is -0.570. The fraction of sp³-hybridized carbons (Fsp3) is 0.900. The van der Waals surface area contributed by atoms with E-state index in [9.17, 15) is 4.79 Å². The first-order valence-corrected chi connectivity index (χ1v) is 4.98. The molecule has 0 radical (unpaired) electrons. The van der Waals surface area contributed by atoms with E-state index in [0.717, 1.165) is 6.42 Å². The highest BCUT2D eigenvalue weighted by molar-refractivity contribution is 5.80. The fourth-order valence-corrected chi connectivity index (χ4v) is 1.77. The van der Waals surface area contributed by atoms with Gasteiger partial charge >= 0.3 is 0 Å². The van der Waals surface area contributed by atoms with Gasteiger partial charge in [-0.25, -0.2) is 0 Å². The molecule has 0 spiro atoms. The summed E-state index contributed by atoms with van der Waals surface area (Å²) in [6, 6.07) is 0.366. The Morgan fingerprint density at radius 1 is 1.54 bits per heavy atom. The number of nitrogens with one attached hydrogen (secondary N) is 1. The molecule has 1 fully saturated rings. The Labute approximate surface area is 79.8 Å². The van der Waals surface area contributed by atoms with Crippen molar-refractivity contribution in [3.63, 3.8) is 0 Å². The van der Waals surface area contributed by atoms with Crippen LogP contribution >= 0.6 is 0 Å². The van der Waals surface area contributed by atoms with Crippen LogP contribution in [0.25, 0.3) is 0 Å². The topological polar surface area (TPSA) is 38.3 Å². The molecule has 1 rings (SSSR count). The van der Waals surface area contributed by atoms with E-state index < -0.39 is 0 Å². The van der Waals surface area contributed by atoms with Crippen LogP contribution in [0.1, 0.15) is 33.1 Å². The molecule has 0 aliphatic heterocycles. The molecular weight excluding hydrogens is 166 g/mol. The van der Waals surface area contributed by atoms with Gasteiger partial charge in [-0.15, -0.1) is 0 Å². The van der Waals surface area contributed by atoms with E-state index in [1.54, 1.807) is 14.0 Å². The Morgan fingerprint density at radius 2 is 2.23 bits per heavy atom. The Kier molecular flexibility index (Phi) is 3.72. The predicted molar refractivity (Wildman–Crippen MR) is 51.4 cm³/mol. The summed E-state index contributed by atoms with van der Waals surface area (Å²) in [7, 11) is 1.56. The molecule has 3 nitrogen and oxygen atoms in total. The smallest absolute Gasteiger partial charge is 0.249 e. The number of ether oxygens (including phenoxy) is 1. The third-order valence-corrected chi connectivity index (χ3v) is 2.91. The monoisotopic (exact) mass is 185 g/mol. The molecule has 76 valence electrons. The third kappa shape index (κ3) is 2.69. The lowest BCUT2D eigenvalue weighted by Crippen LogP contribution is -2.42. The van der Waals surface area contributed by atoms with E-state index in [2.05, 4.69) is 12.2 Å². The van der Waals surface area contributed by atoms with E-state index in [1.165, 1.54) is 12.8 Å². The van der Waals surface area contributed by atoms with Crippen molar-refractivity contribution in [2.45, 2.75) is 45.3 Å². The zero-order chi connectivity index (χ0) is 9.84. The van der Waals surface area contributed by atoms with Gasteiger partial charge in [0.2, 0.25) is 5.91 Å². The normalized spacial score (nSPS) is 30.1. The zero-order valence-electron chi connectivity index (χ0n) is 8.67. The van der Waals surface area contributed by atoms with Crippen molar-refractivity contribution >= 4 is 5.91 Å². The van der Waals surface area contributed by atoms with Crippen molar-refractivity contribution < 1.29 is 9.53 Å². The van der Waals surface area contributed by atoms with Crippen molar-refractivity contribution in [1.82, 2.24) is 5.32 Å². The van der Waals surface area contributed by atoms with Crippen LogP contribution in [0.5, 0.6) is 0 Å². The second kappa shape index (κ2) is 4.61. The van der Waals surface area contributed by atoms with Gasteiger partial charge in [-0.2, -0.15) is 0 Å². The number of hydrogen-bond acceptors (Lipinski definition) is 2. The van der Waals surface area contributed by atoms with Gasteiger partial charge in [0.1, 0.15) is 6.10 Å². The second-order valence-electron chi connectivity index (χ2n) is 3.90. The van der Waals surface area contributed by atoms with Gasteiger partial charge in [0.15, 0.2) is 0 Å². The van der Waals surface area contributed by atoms with Crippen LogP contribution in [0.15, 0.2) is 0 Å². The van der Waals surface area contributed by atoms with Crippen LogP contribution in [0.3, 0.4) is 0 Å². The molecule has 3 unspecified atom stereocenters. The molecule has 0 bridgehead atoms.